The largest absolute Gasteiger partial charge is 0.475 e. The molecule has 40 heavy (non-hydrogen) atoms. The molecule has 1 aliphatic rings. The summed E-state index contributed by atoms with van der Waals surface area (Å²) >= 11 is 0. The normalized spacial score (nSPS) is 15.5. The lowest BCUT2D eigenvalue weighted by Crippen LogP contribution is -2.34. The van der Waals surface area contributed by atoms with Crippen LogP contribution in [0.3, 0.4) is 0 Å². The molecule has 0 N–H and O–H groups in total. The Morgan fingerprint density at radius 2 is 2.00 bits per heavy atom. The second-order valence-electron chi connectivity index (χ2n) is 10.1. The summed E-state index contributed by atoms with van der Waals surface area (Å²) in [7, 11) is 4.95. The minimum atomic E-state index is -0.550. The fraction of sp³-hybridized carbons (Fsp3) is 0.333. The van der Waals surface area contributed by atoms with E-state index in [1.807, 2.05) is 16.5 Å². The highest BCUT2D eigenvalue weighted by atomic mass is 19.1. The van der Waals surface area contributed by atoms with Crippen molar-refractivity contribution in [2.24, 2.45) is 5.92 Å². The molecule has 2 aromatic carbocycles. The number of piperidine rings is 1. The van der Waals surface area contributed by atoms with Crippen molar-refractivity contribution in [3.63, 3.8) is 0 Å². The molecule has 5 rings (SSSR count). The van der Waals surface area contributed by atoms with Crippen molar-refractivity contribution in [3.05, 3.63) is 71.8 Å². The van der Waals surface area contributed by atoms with Gasteiger partial charge in [0, 0.05) is 48.6 Å². The molecule has 1 aliphatic heterocycles. The number of benzene rings is 2. The van der Waals surface area contributed by atoms with Crippen LogP contribution >= 0.6 is 0 Å². The molecule has 206 valence electrons. The molecular weight excluding hydrogens is 511 g/mol. The van der Waals surface area contributed by atoms with Crippen molar-refractivity contribution >= 4 is 11.7 Å². The number of halogens is 1. The van der Waals surface area contributed by atoms with E-state index in [-0.39, 0.29) is 6.54 Å². The highest BCUT2D eigenvalue weighted by Crippen LogP contribution is 2.36. The van der Waals surface area contributed by atoms with Crippen molar-refractivity contribution < 1.29 is 18.7 Å². The number of fused-ring (bicyclic) bond motifs is 1. The highest BCUT2D eigenvalue weighted by molar-refractivity contribution is 5.82. The monoisotopic (exact) mass is 542 g/mol. The fourth-order valence-electron chi connectivity index (χ4n) is 5.14. The summed E-state index contributed by atoms with van der Waals surface area (Å²) in [5.41, 5.74) is 3.95. The summed E-state index contributed by atoms with van der Waals surface area (Å²) in [6, 6.07) is 14.1. The maximum Gasteiger partial charge on any atom is 0.409 e. The number of aromatic nitrogens is 3. The summed E-state index contributed by atoms with van der Waals surface area (Å²) in [6.07, 6.45) is 5.14. The molecule has 0 bridgehead atoms. The molecule has 9 nitrogen and oxygen atoms in total. The Hall–Kier alpha value is -4.49. The Kier molecular flexibility index (Phi) is 7.94. The van der Waals surface area contributed by atoms with Crippen molar-refractivity contribution in [2.45, 2.75) is 19.4 Å². The van der Waals surface area contributed by atoms with E-state index < -0.39 is 11.9 Å². The van der Waals surface area contributed by atoms with E-state index >= 15 is 4.39 Å². The predicted octanol–water partition coefficient (Wildman–Crippen LogP) is 4.99. The zero-order valence-electron chi connectivity index (χ0n) is 22.8. The number of likely N-dealkylation sites (tertiary alicyclic amines) is 1. The Morgan fingerprint density at radius 3 is 2.70 bits per heavy atom. The summed E-state index contributed by atoms with van der Waals surface area (Å²) in [5, 5.41) is 9.30. The van der Waals surface area contributed by atoms with Gasteiger partial charge in [-0.3, -0.25) is 4.40 Å². The Labute approximate surface area is 232 Å². The van der Waals surface area contributed by atoms with Gasteiger partial charge in [-0.05, 0) is 44.6 Å². The molecule has 0 aliphatic carbocycles. The first kappa shape index (κ1) is 27.1. The molecule has 1 fully saturated rings. The summed E-state index contributed by atoms with van der Waals surface area (Å²) in [6.45, 7) is 2.62. The van der Waals surface area contributed by atoms with Gasteiger partial charge in [0.2, 0.25) is 5.65 Å². The molecule has 1 atom stereocenters. The molecule has 0 unspecified atom stereocenters. The lowest BCUT2D eigenvalue weighted by Gasteiger charge is -2.29. The van der Waals surface area contributed by atoms with Crippen LogP contribution < -0.4 is 4.74 Å². The van der Waals surface area contributed by atoms with Crippen molar-refractivity contribution in [1.82, 2.24) is 24.2 Å². The fourth-order valence-corrected chi connectivity index (χ4v) is 5.14. The van der Waals surface area contributed by atoms with Crippen molar-refractivity contribution in [3.8, 4) is 34.5 Å². The number of carbonyl (C=O) groups excluding carboxylic acids is 1. The Bertz CT molecular complexity index is 1560. The highest BCUT2D eigenvalue weighted by Gasteiger charge is 2.23. The number of amides is 1. The minimum Gasteiger partial charge on any atom is -0.475 e. The van der Waals surface area contributed by atoms with Crippen LogP contribution in [0.15, 0.2) is 54.9 Å². The quantitative estimate of drug-likeness (QED) is 0.325. The third kappa shape index (κ3) is 5.60. The van der Waals surface area contributed by atoms with Crippen LogP contribution in [0, 0.1) is 23.1 Å². The van der Waals surface area contributed by atoms with Gasteiger partial charge in [-0.1, -0.05) is 24.3 Å². The standard InChI is InChI=1S/C30H31FN6O3/c1-35-13-4-5-21(17-35)19-40-29-28-33-12-14-37(28)27(26(34-29)22-8-6-20(16-32)7-9-22)23-10-11-24(25(31)15-23)18-36(2)30(38)39-3/h6-12,14-15,21H,4-5,13,17-19H2,1-3H3/t21-/m1/s1. The lowest BCUT2D eigenvalue weighted by molar-refractivity contribution is 0.131. The molecule has 0 saturated carbocycles. The van der Waals surface area contributed by atoms with Gasteiger partial charge < -0.3 is 19.3 Å². The smallest absolute Gasteiger partial charge is 0.409 e. The van der Waals surface area contributed by atoms with Crippen LogP contribution in [0.5, 0.6) is 5.88 Å². The van der Waals surface area contributed by atoms with E-state index in [1.54, 1.807) is 43.7 Å². The van der Waals surface area contributed by atoms with Crippen LogP contribution in [0.25, 0.3) is 28.2 Å². The second-order valence-corrected chi connectivity index (χ2v) is 10.1. The second kappa shape index (κ2) is 11.7. The first-order chi connectivity index (χ1) is 19.4. The molecule has 4 aromatic rings. The molecule has 10 heteroatoms. The average Bonchev–Trinajstić information content (AvgIpc) is 3.46. The first-order valence-corrected chi connectivity index (χ1v) is 13.1. The Morgan fingerprint density at radius 1 is 1.23 bits per heavy atom. The van der Waals surface area contributed by atoms with Crippen LogP contribution in [0.2, 0.25) is 0 Å². The maximum atomic E-state index is 15.4. The number of hydrogen-bond donors (Lipinski definition) is 0. The molecule has 3 heterocycles. The Balaban J connectivity index is 1.58. The molecule has 1 amide bonds. The number of nitrogens with zero attached hydrogens (tertiary/aromatic N) is 6. The zero-order valence-corrected chi connectivity index (χ0v) is 22.8. The van der Waals surface area contributed by atoms with Crippen LogP contribution in [-0.2, 0) is 11.3 Å². The van der Waals surface area contributed by atoms with E-state index in [9.17, 15) is 10.1 Å². The van der Waals surface area contributed by atoms with Gasteiger partial charge in [0.15, 0.2) is 0 Å². The number of rotatable bonds is 7. The van der Waals surface area contributed by atoms with Gasteiger partial charge in [0.1, 0.15) is 5.82 Å². The van der Waals surface area contributed by atoms with E-state index in [1.165, 1.54) is 18.1 Å². The zero-order chi connectivity index (χ0) is 28.2. The predicted molar refractivity (Wildman–Crippen MR) is 148 cm³/mol. The topological polar surface area (TPSA) is 96.0 Å². The van der Waals surface area contributed by atoms with Crippen molar-refractivity contribution in [2.75, 3.05) is 40.9 Å². The number of imidazole rings is 1. The molecule has 0 radical (unpaired) electrons. The summed E-state index contributed by atoms with van der Waals surface area (Å²) in [4.78, 5) is 24.9. The lowest BCUT2D eigenvalue weighted by atomic mass is 9.99. The van der Waals surface area contributed by atoms with E-state index in [0.29, 0.717) is 52.1 Å². The SMILES string of the molecule is COC(=O)N(C)Cc1ccc(-c2c(-c3ccc(C#N)cc3)nc(OC[C@@H]3CCCN(C)C3)c3nccn23)cc1F. The molecule has 2 aromatic heterocycles. The molecule has 1 saturated heterocycles. The van der Waals surface area contributed by atoms with E-state index in [2.05, 4.69) is 23.0 Å². The summed E-state index contributed by atoms with van der Waals surface area (Å²) in [5.74, 6) is 0.325. The summed E-state index contributed by atoms with van der Waals surface area (Å²) < 4.78 is 28.2. The molecular formula is C30H31FN6O3. The number of nitriles is 1. The average molecular weight is 543 g/mol. The maximum absolute atomic E-state index is 15.4. The van der Waals surface area contributed by atoms with Crippen LogP contribution in [0.4, 0.5) is 9.18 Å². The number of carbonyl (C=O) groups is 1. The third-order valence-corrected chi connectivity index (χ3v) is 7.20. The minimum absolute atomic E-state index is 0.0587. The number of hydrogen-bond acceptors (Lipinski definition) is 7. The van der Waals surface area contributed by atoms with Gasteiger partial charge in [0.25, 0.3) is 5.88 Å². The van der Waals surface area contributed by atoms with E-state index in [4.69, 9.17) is 14.5 Å². The van der Waals surface area contributed by atoms with Gasteiger partial charge in [0.05, 0.1) is 43.3 Å². The number of ether oxygens (including phenoxy) is 2. The van der Waals surface area contributed by atoms with Gasteiger partial charge in [-0.25, -0.2) is 19.2 Å². The van der Waals surface area contributed by atoms with Gasteiger partial charge in [-0.2, -0.15) is 5.26 Å². The van der Waals surface area contributed by atoms with Crippen molar-refractivity contribution in [1.29, 1.82) is 5.26 Å². The third-order valence-electron chi connectivity index (χ3n) is 7.20. The molecule has 0 spiro atoms. The first-order valence-electron chi connectivity index (χ1n) is 13.1. The van der Waals surface area contributed by atoms with Crippen LogP contribution in [-0.4, -0.2) is 71.2 Å². The van der Waals surface area contributed by atoms with Crippen LogP contribution in [0.1, 0.15) is 24.0 Å². The number of methoxy groups -OCH3 is 1. The van der Waals surface area contributed by atoms with Gasteiger partial charge >= 0.3 is 6.09 Å². The van der Waals surface area contributed by atoms with Gasteiger partial charge in [-0.15, -0.1) is 0 Å². The van der Waals surface area contributed by atoms with E-state index in [0.717, 1.165) is 31.5 Å².